The van der Waals surface area contributed by atoms with Crippen molar-refractivity contribution >= 4 is 23.6 Å². The number of nitrogens with two attached hydrogens (primary N) is 1. The number of halogens is 1. The van der Waals surface area contributed by atoms with Crippen molar-refractivity contribution < 1.29 is 14.3 Å². The Hall–Kier alpha value is -2.47. The molecule has 2 heterocycles. The number of hydrogen-bond acceptors (Lipinski definition) is 3. The quantitative estimate of drug-likeness (QED) is 0.911. The molecule has 132 valence electrons. The van der Waals surface area contributed by atoms with Gasteiger partial charge in [-0.15, -0.1) is 0 Å². The van der Waals surface area contributed by atoms with E-state index in [0.717, 1.165) is 5.56 Å². The van der Waals surface area contributed by atoms with E-state index in [9.17, 15) is 9.59 Å². The normalized spacial score (nSPS) is 13.7. The van der Waals surface area contributed by atoms with Gasteiger partial charge in [0.25, 0.3) is 5.91 Å². The zero-order valence-electron chi connectivity index (χ0n) is 14.2. The summed E-state index contributed by atoms with van der Waals surface area (Å²) < 4.78 is 7.11. The lowest BCUT2D eigenvalue weighted by molar-refractivity contribution is 0.0684. The molecule has 7 heteroatoms. The third-order valence-electron chi connectivity index (χ3n) is 4.15. The molecule has 25 heavy (non-hydrogen) atoms. The Morgan fingerprint density at radius 2 is 1.88 bits per heavy atom. The van der Waals surface area contributed by atoms with Crippen LogP contribution in [-0.2, 0) is 17.8 Å². The number of benzene rings is 1. The van der Waals surface area contributed by atoms with Crippen LogP contribution in [0.25, 0.3) is 11.1 Å². The van der Waals surface area contributed by atoms with Crippen LogP contribution in [0.4, 0.5) is 4.79 Å². The molecule has 2 aromatic rings. The first-order chi connectivity index (χ1) is 11.9. The number of fused-ring (bicyclic) bond motifs is 1. The number of aromatic nitrogens is 1. The Bertz CT molecular complexity index is 815. The molecule has 2 N–H and O–H groups in total. The topological polar surface area (TPSA) is 77.6 Å². The zero-order chi connectivity index (χ0) is 18.1. The van der Waals surface area contributed by atoms with Crippen molar-refractivity contribution in [2.75, 3.05) is 6.54 Å². The van der Waals surface area contributed by atoms with Gasteiger partial charge in [0.1, 0.15) is 5.15 Å². The summed E-state index contributed by atoms with van der Waals surface area (Å²) in [6.07, 6.45) is -0.615. The van der Waals surface area contributed by atoms with Crippen LogP contribution in [0.2, 0.25) is 5.15 Å². The van der Waals surface area contributed by atoms with Crippen LogP contribution in [0, 0.1) is 0 Å². The largest absolute Gasteiger partial charge is 0.447 e. The molecule has 0 saturated carbocycles. The second-order valence-electron chi connectivity index (χ2n) is 6.22. The molecule has 0 fully saturated rings. The minimum atomic E-state index is -0.562. The Morgan fingerprint density at radius 1 is 1.20 bits per heavy atom. The molecule has 2 amide bonds. The molecule has 1 aromatic heterocycles. The molecule has 3 rings (SSSR count). The van der Waals surface area contributed by atoms with Gasteiger partial charge < -0.3 is 19.9 Å². The number of nitrogens with zero attached hydrogens (tertiary/aromatic N) is 2. The van der Waals surface area contributed by atoms with E-state index in [2.05, 4.69) is 0 Å². The lowest BCUT2D eigenvalue weighted by Gasteiger charge is -2.29. The van der Waals surface area contributed by atoms with Crippen LogP contribution >= 0.6 is 11.6 Å². The minimum Gasteiger partial charge on any atom is -0.447 e. The number of ether oxygens (including phenoxy) is 1. The van der Waals surface area contributed by atoms with Crippen molar-refractivity contribution in [1.82, 2.24) is 9.47 Å². The summed E-state index contributed by atoms with van der Waals surface area (Å²) in [6, 6.07) is 9.40. The van der Waals surface area contributed by atoms with E-state index in [1.165, 1.54) is 0 Å². The van der Waals surface area contributed by atoms with Crippen molar-refractivity contribution in [1.29, 1.82) is 0 Å². The maximum absolute atomic E-state index is 12.2. The molecular formula is C18H20ClN3O3. The summed E-state index contributed by atoms with van der Waals surface area (Å²) in [4.78, 5) is 25.9. The molecule has 0 spiro atoms. The van der Waals surface area contributed by atoms with Crippen LogP contribution in [0.1, 0.15) is 29.9 Å². The Balaban J connectivity index is 2.05. The highest BCUT2D eigenvalue weighted by atomic mass is 35.5. The summed E-state index contributed by atoms with van der Waals surface area (Å²) in [5.41, 5.74) is 8.08. The van der Waals surface area contributed by atoms with E-state index in [1.807, 2.05) is 34.9 Å². The molecule has 1 aromatic carbocycles. The average molecular weight is 362 g/mol. The van der Waals surface area contributed by atoms with Gasteiger partial charge in [0.15, 0.2) is 0 Å². The van der Waals surface area contributed by atoms with Gasteiger partial charge in [-0.25, -0.2) is 4.79 Å². The number of primary amides is 1. The highest BCUT2D eigenvalue weighted by molar-refractivity contribution is 6.33. The van der Waals surface area contributed by atoms with E-state index in [-0.39, 0.29) is 12.6 Å². The number of carbonyl (C=O) groups is 2. The summed E-state index contributed by atoms with van der Waals surface area (Å²) in [5.74, 6) is -0.562. The van der Waals surface area contributed by atoms with Gasteiger partial charge in [-0.1, -0.05) is 41.9 Å². The molecule has 6 nitrogen and oxygen atoms in total. The van der Waals surface area contributed by atoms with Gasteiger partial charge >= 0.3 is 6.09 Å². The van der Waals surface area contributed by atoms with E-state index < -0.39 is 12.0 Å². The Kier molecular flexibility index (Phi) is 4.72. The fourth-order valence-corrected chi connectivity index (χ4v) is 3.47. The highest BCUT2D eigenvalue weighted by Gasteiger charge is 2.32. The number of amides is 2. The number of rotatable bonds is 3. The molecule has 0 unspecified atom stereocenters. The third-order valence-corrected chi connectivity index (χ3v) is 4.54. The number of hydrogen-bond donors (Lipinski definition) is 1. The Labute approximate surface area is 151 Å². The third kappa shape index (κ3) is 3.22. The standard InChI is InChI=1S/C18H20ClN3O3/c1-11(2)25-18(24)21-8-9-22-13(10-21)15(17(20)23)14(16(22)19)12-6-4-3-5-7-12/h3-7,11H,8-10H2,1-2H3,(H2,20,23). The van der Waals surface area contributed by atoms with E-state index in [0.29, 0.717) is 35.1 Å². The van der Waals surface area contributed by atoms with Crippen molar-refractivity contribution in [3.05, 3.63) is 46.7 Å². The molecule has 1 aliphatic heterocycles. The molecule has 0 bridgehead atoms. The lowest BCUT2D eigenvalue weighted by Crippen LogP contribution is -2.40. The second kappa shape index (κ2) is 6.80. The summed E-state index contributed by atoms with van der Waals surface area (Å²) in [6.45, 7) is 4.76. The summed E-state index contributed by atoms with van der Waals surface area (Å²) in [5, 5.41) is 0.465. The molecule has 1 aliphatic rings. The Morgan fingerprint density at radius 3 is 2.48 bits per heavy atom. The minimum absolute atomic E-state index is 0.208. The van der Waals surface area contributed by atoms with Crippen LogP contribution in [0.3, 0.4) is 0 Å². The van der Waals surface area contributed by atoms with Gasteiger partial charge in [-0.05, 0) is 19.4 Å². The van der Waals surface area contributed by atoms with Crippen molar-refractivity contribution in [3.63, 3.8) is 0 Å². The van der Waals surface area contributed by atoms with Gasteiger partial charge in [0, 0.05) is 18.7 Å². The first-order valence-electron chi connectivity index (χ1n) is 8.11. The SMILES string of the molecule is CC(C)OC(=O)N1CCn2c(Cl)c(-c3ccccc3)c(C(N)=O)c2C1. The molecule has 0 saturated heterocycles. The maximum atomic E-state index is 12.2. The van der Waals surface area contributed by atoms with Gasteiger partial charge in [0.2, 0.25) is 0 Å². The first-order valence-corrected chi connectivity index (χ1v) is 8.49. The van der Waals surface area contributed by atoms with E-state index in [1.54, 1.807) is 18.7 Å². The average Bonchev–Trinajstić information content (AvgIpc) is 2.87. The van der Waals surface area contributed by atoms with E-state index in [4.69, 9.17) is 22.1 Å². The predicted octanol–water partition coefficient (Wildman–Crippen LogP) is 3.27. The first kappa shape index (κ1) is 17.4. The zero-order valence-corrected chi connectivity index (χ0v) is 14.9. The van der Waals surface area contributed by atoms with Crippen molar-refractivity contribution in [2.45, 2.75) is 33.0 Å². The van der Waals surface area contributed by atoms with Gasteiger partial charge in [0.05, 0.1) is 23.9 Å². The maximum Gasteiger partial charge on any atom is 0.410 e. The van der Waals surface area contributed by atoms with Crippen LogP contribution in [-0.4, -0.2) is 34.1 Å². The molecule has 0 aliphatic carbocycles. The van der Waals surface area contributed by atoms with Crippen LogP contribution < -0.4 is 5.73 Å². The fraction of sp³-hybridized carbons (Fsp3) is 0.333. The van der Waals surface area contributed by atoms with Crippen molar-refractivity contribution in [2.24, 2.45) is 5.73 Å². The summed E-state index contributed by atoms with van der Waals surface area (Å²) >= 11 is 6.56. The predicted molar refractivity (Wildman–Crippen MR) is 95.4 cm³/mol. The summed E-state index contributed by atoms with van der Waals surface area (Å²) in [7, 11) is 0. The monoisotopic (exact) mass is 361 g/mol. The fourth-order valence-electron chi connectivity index (χ4n) is 3.08. The number of carbonyl (C=O) groups excluding carboxylic acids is 2. The van der Waals surface area contributed by atoms with Crippen LogP contribution in [0.15, 0.2) is 30.3 Å². The highest BCUT2D eigenvalue weighted by Crippen LogP contribution is 2.38. The molecule has 0 radical (unpaired) electrons. The van der Waals surface area contributed by atoms with Crippen molar-refractivity contribution in [3.8, 4) is 11.1 Å². The van der Waals surface area contributed by atoms with E-state index >= 15 is 0 Å². The lowest BCUT2D eigenvalue weighted by atomic mass is 10.0. The molecular weight excluding hydrogens is 342 g/mol. The second-order valence-corrected chi connectivity index (χ2v) is 6.58. The van der Waals surface area contributed by atoms with Crippen LogP contribution in [0.5, 0.6) is 0 Å². The van der Waals surface area contributed by atoms with Gasteiger partial charge in [-0.3, -0.25) is 4.79 Å². The molecule has 0 atom stereocenters. The smallest absolute Gasteiger partial charge is 0.410 e. The van der Waals surface area contributed by atoms with Gasteiger partial charge in [-0.2, -0.15) is 0 Å².